The lowest BCUT2D eigenvalue weighted by Gasteiger charge is -2.07. The minimum atomic E-state index is 0. The summed E-state index contributed by atoms with van der Waals surface area (Å²) in [4.78, 5) is 0. The lowest BCUT2D eigenvalue weighted by atomic mass is 10.2. The van der Waals surface area contributed by atoms with Crippen LogP contribution in [0.4, 0.5) is 0 Å². The zero-order chi connectivity index (χ0) is 8.81. The van der Waals surface area contributed by atoms with Crippen LogP contribution in [0.2, 0.25) is 0 Å². The predicted molar refractivity (Wildman–Crippen MR) is 63.1 cm³/mol. The molecule has 1 aromatic carbocycles. The average Bonchev–Trinajstić information content (AvgIpc) is 2.09. The van der Waals surface area contributed by atoms with Crippen LogP contribution in [0, 0.1) is 6.92 Å². The Hall–Kier alpha value is -0.260. The first kappa shape index (κ1) is 12.7. The Labute approximate surface area is 88.5 Å². The Morgan fingerprint density at radius 2 is 2.00 bits per heavy atom. The van der Waals surface area contributed by atoms with Crippen molar-refractivity contribution in [3.05, 3.63) is 29.8 Å². The van der Waals surface area contributed by atoms with Crippen molar-refractivity contribution in [2.45, 2.75) is 13.3 Å². The molecular weight excluding hydrogens is 203 g/mol. The van der Waals surface area contributed by atoms with Crippen LogP contribution in [-0.2, 0) is 0 Å². The van der Waals surface area contributed by atoms with Crippen molar-refractivity contribution < 1.29 is 4.74 Å². The maximum absolute atomic E-state index is 5.56. The van der Waals surface area contributed by atoms with Gasteiger partial charge in [0.2, 0.25) is 0 Å². The second kappa shape index (κ2) is 7.17. The molecule has 0 heterocycles. The first-order chi connectivity index (χ1) is 5.84. The van der Waals surface area contributed by atoms with Gasteiger partial charge in [-0.2, -0.15) is 0 Å². The molecule has 1 aromatic rings. The highest BCUT2D eigenvalue weighted by atomic mass is 35.5. The maximum atomic E-state index is 5.56. The highest BCUT2D eigenvalue weighted by molar-refractivity contribution is 7.16. The maximum Gasteiger partial charge on any atom is 0.122 e. The zero-order valence-corrected chi connectivity index (χ0v) is 9.80. The molecule has 0 aliphatic carbocycles. The summed E-state index contributed by atoms with van der Waals surface area (Å²) in [6, 6.07) is 8.11. The lowest BCUT2D eigenvalue weighted by molar-refractivity contribution is 0.316. The van der Waals surface area contributed by atoms with Crippen LogP contribution in [0.3, 0.4) is 0 Å². The summed E-state index contributed by atoms with van der Waals surface area (Å²) in [5, 5.41) is 0. The van der Waals surface area contributed by atoms with Gasteiger partial charge in [0, 0.05) is 0 Å². The third-order valence-corrected chi connectivity index (χ3v) is 2.11. The molecule has 0 spiro atoms. The molecule has 0 saturated heterocycles. The fourth-order valence-corrected chi connectivity index (χ4v) is 1.15. The summed E-state index contributed by atoms with van der Waals surface area (Å²) in [6.45, 7) is 2.88. The fourth-order valence-electron chi connectivity index (χ4n) is 0.984. The normalized spacial score (nSPS) is 9.08. The minimum absolute atomic E-state index is 0. The summed E-state index contributed by atoms with van der Waals surface area (Å²) in [5.74, 6) is 1.01. The summed E-state index contributed by atoms with van der Waals surface area (Å²) in [6.07, 6.45) is 2.20. The molecule has 1 unspecified atom stereocenters. The quantitative estimate of drug-likeness (QED) is 0.558. The van der Waals surface area contributed by atoms with Crippen LogP contribution in [0.25, 0.3) is 0 Å². The van der Waals surface area contributed by atoms with Crippen LogP contribution in [0.5, 0.6) is 5.75 Å². The van der Waals surface area contributed by atoms with Gasteiger partial charge in [0.05, 0.1) is 6.61 Å². The summed E-state index contributed by atoms with van der Waals surface area (Å²) < 4.78 is 5.56. The van der Waals surface area contributed by atoms with Gasteiger partial charge < -0.3 is 4.74 Å². The van der Waals surface area contributed by atoms with Gasteiger partial charge in [-0.3, -0.25) is 0 Å². The third kappa shape index (κ3) is 4.50. The van der Waals surface area contributed by atoms with Crippen molar-refractivity contribution in [1.29, 1.82) is 0 Å². The molecule has 13 heavy (non-hydrogen) atoms. The number of aryl methyl sites for hydroxylation is 1. The van der Waals surface area contributed by atoms with Crippen LogP contribution in [0.1, 0.15) is 12.0 Å². The summed E-state index contributed by atoms with van der Waals surface area (Å²) >= 11 is 0. The SMILES string of the molecule is Cc1ccccc1OCCCP.Cl. The monoisotopic (exact) mass is 218 g/mol. The molecular formula is C10H16ClOP. The number of benzene rings is 1. The van der Waals surface area contributed by atoms with Crippen LogP contribution < -0.4 is 4.74 Å². The molecule has 0 aliphatic heterocycles. The molecule has 3 heteroatoms. The topological polar surface area (TPSA) is 9.23 Å². The van der Waals surface area contributed by atoms with Gasteiger partial charge in [0.15, 0.2) is 0 Å². The molecule has 0 saturated carbocycles. The van der Waals surface area contributed by atoms with Crippen molar-refractivity contribution >= 4 is 21.6 Å². The minimum Gasteiger partial charge on any atom is -0.493 e. The molecule has 1 atom stereocenters. The van der Waals surface area contributed by atoms with Crippen molar-refractivity contribution in [3.8, 4) is 5.75 Å². The van der Waals surface area contributed by atoms with Crippen molar-refractivity contribution in [2.75, 3.05) is 12.8 Å². The number of rotatable bonds is 4. The Morgan fingerprint density at radius 3 is 2.62 bits per heavy atom. The van der Waals surface area contributed by atoms with E-state index in [1.165, 1.54) is 5.56 Å². The molecule has 0 N–H and O–H groups in total. The molecule has 0 radical (unpaired) electrons. The Morgan fingerprint density at radius 1 is 1.31 bits per heavy atom. The van der Waals surface area contributed by atoms with Gasteiger partial charge in [0.1, 0.15) is 5.75 Å². The van der Waals surface area contributed by atoms with E-state index in [0.29, 0.717) is 0 Å². The Balaban J connectivity index is 0.00000144. The highest BCUT2D eigenvalue weighted by Gasteiger charge is 1.95. The standard InChI is InChI=1S/C10H15OP.ClH/c1-9-5-2-3-6-10(9)11-7-4-8-12;/h2-3,5-6H,4,7-8,12H2,1H3;1H. The van der Waals surface area contributed by atoms with Crippen molar-refractivity contribution in [3.63, 3.8) is 0 Å². The largest absolute Gasteiger partial charge is 0.493 e. The van der Waals surface area contributed by atoms with Gasteiger partial charge >= 0.3 is 0 Å². The van der Waals surface area contributed by atoms with Gasteiger partial charge in [-0.25, -0.2) is 0 Å². The number of para-hydroxylation sites is 1. The van der Waals surface area contributed by atoms with E-state index in [1.807, 2.05) is 18.2 Å². The molecule has 74 valence electrons. The number of halogens is 1. The predicted octanol–water partition coefficient (Wildman–Crippen LogP) is 3.06. The highest BCUT2D eigenvalue weighted by Crippen LogP contribution is 2.16. The molecule has 0 aliphatic rings. The van der Waals surface area contributed by atoms with Gasteiger partial charge in [-0.1, -0.05) is 18.2 Å². The smallest absolute Gasteiger partial charge is 0.122 e. The second-order valence-corrected chi connectivity index (χ2v) is 3.33. The van der Waals surface area contributed by atoms with Crippen LogP contribution >= 0.6 is 21.6 Å². The van der Waals surface area contributed by atoms with Gasteiger partial charge in [-0.15, -0.1) is 21.6 Å². The van der Waals surface area contributed by atoms with E-state index in [-0.39, 0.29) is 12.4 Å². The molecule has 0 bridgehead atoms. The van der Waals surface area contributed by atoms with Gasteiger partial charge in [-0.05, 0) is 31.1 Å². The second-order valence-electron chi connectivity index (χ2n) is 2.76. The summed E-state index contributed by atoms with van der Waals surface area (Å²) in [7, 11) is 2.70. The Kier molecular flexibility index (Phi) is 7.03. The summed E-state index contributed by atoms with van der Waals surface area (Å²) in [5.41, 5.74) is 1.21. The first-order valence-corrected chi connectivity index (χ1v) is 5.04. The first-order valence-electron chi connectivity index (χ1n) is 4.23. The van der Waals surface area contributed by atoms with Crippen LogP contribution in [-0.4, -0.2) is 12.8 Å². The van der Waals surface area contributed by atoms with Gasteiger partial charge in [0.25, 0.3) is 0 Å². The average molecular weight is 219 g/mol. The molecule has 1 rings (SSSR count). The van der Waals surface area contributed by atoms with E-state index >= 15 is 0 Å². The fraction of sp³-hybridized carbons (Fsp3) is 0.400. The molecule has 1 nitrogen and oxygen atoms in total. The molecule has 0 amide bonds. The Bertz CT molecular complexity index is 240. The number of hydrogen-bond acceptors (Lipinski definition) is 1. The van der Waals surface area contributed by atoms with E-state index in [4.69, 9.17) is 4.74 Å². The van der Waals surface area contributed by atoms with E-state index in [2.05, 4.69) is 22.2 Å². The zero-order valence-electron chi connectivity index (χ0n) is 7.82. The lowest BCUT2D eigenvalue weighted by Crippen LogP contribution is -1.98. The van der Waals surface area contributed by atoms with E-state index in [0.717, 1.165) is 24.9 Å². The molecule has 0 aromatic heterocycles. The molecule has 0 fully saturated rings. The van der Waals surface area contributed by atoms with Crippen molar-refractivity contribution in [2.24, 2.45) is 0 Å². The van der Waals surface area contributed by atoms with E-state index in [1.54, 1.807) is 0 Å². The van der Waals surface area contributed by atoms with E-state index in [9.17, 15) is 0 Å². The number of hydrogen-bond donors (Lipinski definition) is 0. The van der Waals surface area contributed by atoms with E-state index < -0.39 is 0 Å². The number of ether oxygens (including phenoxy) is 1. The third-order valence-electron chi connectivity index (χ3n) is 1.70. The van der Waals surface area contributed by atoms with Crippen molar-refractivity contribution in [1.82, 2.24) is 0 Å². The van der Waals surface area contributed by atoms with Crippen LogP contribution in [0.15, 0.2) is 24.3 Å².